The molecule has 1 aromatic rings. The Labute approximate surface area is 125 Å². The summed E-state index contributed by atoms with van der Waals surface area (Å²) in [6.07, 6.45) is 0. The van der Waals surface area contributed by atoms with E-state index in [1.54, 1.807) is 0 Å². The fourth-order valence-electron chi connectivity index (χ4n) is 2.47. The molecule has 2 rings (SSSR count). The molecule has 0 radical (unpaired) electrons. The minimum Gasteiger partial charge on any atom is -0.370 e. The highest BCUT2D eigenvalue weighted by atomic mass is 79.9. The molecule has 1 aromatic carbocycles. The van der Waals surface area contributed by atoms with Gasteiger partial charge in [0.2, 0.25) is 0 Å². The SMILES string of the molecule is Cc1c(C(C)C)c(Br)cc(Br)c1N1CCN=C1N. The number of hydrogen-bond acceptors (Lipinski definition) is 3. The summed E-state index contributed by atoms with van der Waals surface area (Å²) in [6, 6.07) is 2.10. The summed E-state index contributed by atoms with van der Waals surface area (Å²) in [5.74, 6) is 1.07. The first-order valence-electron chi connectivity index (χ1n) is 5.99. The third-order valence-electron chi connectivity index (χ3n) is 3.22. The number of anilines is 1. The van der Waals surface area contributed by atoms with E-state index in [2.05, 4.69) is 68.6 Å². The third kappa shape index (κ3) is 2.30. The van der Waals surface area contributed by atoms with Gasteiger partial charge in [0.15, 0.2) is 5.96 Å². The topological polar surface area (TPSA) is 41.6 Å². The summed E-state index contributed by atoms with van der Waals surface area (Å²) in [4.78, 5) is 6.34. The molecule has 0 fully saturated rings. The normalized spacial score (nSPS) is 15.4. The van der Waals surface area contributed by atoms with Gasteiger partial charge in [0.1, 0.15) is 0 Å². The van der Waals surface area contributed by atoms with Gasteiger partial charge in [0.05, 0.1) is 12.2 Å². The van der Waals surface area contributed by atoms with Crippen LogP contribution in [0.1, 0.15) is 30.9 Å². The van der Waals surface area contributed by atoms with Gasteiger partial charge in [-0.3, -0.25) is 4.99 Å². The quantitative estimate of drug-likeness (QED) is 0.855. The van der Waals surface area contributed by atoms with Crippen LogP contribution in [0.2, 0.25) is 0 Å². The van der Waals surface area contributed by atoms with E-state index in [1.165, 1.54) is 11.1 Å². The van der Waals surface area contributed by atoms with Crippen LogP contribution in [0.15, 0.2) is 20.0 Å². The Kier molecular flexibility index (Phi) is 4.02. The molecule has 5 heteroatoms. The van der Waals surface area contributed by atoms with E-state index in [-0.39, 0.29) is 0 Å². The highest BCUT2D eigenvalue weighted by molar-refractivity contribution is 9.11. The lowest BCUT2D eigenvalue weighted by atomic mass is 9.96. The maximum absolute atomic E-state index is 5.96. The molecule has 0 unspecified atom stereocenters. The second-order valence-corrected chi connectivity index (χ2v) is 6.48. The zero-order valence-electron chi connectivity index (χ0n) is 10.8. The third-order valence-corrected chi connectivity index (χ3v) is 4.48. The number of aliphatic imine (C=N–C) groups is 1. The smallest absolute Gasteiger partial charge is 0.195 e. The molecular formula is C13H17Br2N3. The molecule has 98 valence electrons. The molecule has 0 saturated carbocycles. The molecule has 0 spiro atoms. The van der Waals surface area contributed by atoms with E-state index < -0.39 is 0 Å². The van der Waals surface area contributed by atoms with Gasteiger partial charge in [0.25, 0.3) is 0 Å². The average molecular weight is 375 g/mol. The Bertz CT molecular complexity index is 509. The largest absolute Gasteiger partial charge is 0.370 e. The Balaban J connectivity index is 2.60. The van der Waals surface area contributed by atoms with E-state index in [1.807, 2.05) is 0 Å². The average Bonchev–Trinajstić information content (AvgIpc) is 2.63. The van der Waals surface area contributed by atoms with Crippen LogP contribution >= 0.6 is 31.9 Å². The Morgan fingerprint density at radius 3 is 2.50 bits per heavy atom. The van der Waals surface area contributed by atoms with Gasteiger partial charge in [-0.05, 0) is 46.0 Å². The van der Waals surface area contributed by atoms with Crippen molar-refractivity contribution in [2.24, 2.45) is 10.7 Å². The van der Waals surface area contributed by atoms with E-state index >= 15 is 0 Å². The number of nitrogens with two attached hydrogens (primary N) is 1. The molecular weight excluding hydrogens is 358 g/mol. The standard InChI is InChI=1S/C13H17Br2N3/c1-7(2)11-8(3)12(10(15)6-9(11)14)18-5-4-17-13(18)16/h6-7H,4-5H2,1-3H3,(H2,16,17). The first-order chi connectivity index (χ1) is 8.43. The van der Waals surface area contributed by atoms with E-state index in [0.29, 0.717) is 11.9 Å². The first-order valence-corrected chi connectivity index (χ1v) is 7.58. The number of rotatable bonds is 2. The number of halogens is 2. The van der Waals surface area contributed by atoms with Crippen LogP contribution in [0.4, 0.5) is 5.69 Å². The van der Waals surface area contributed by atoms with Crippen molar-refractivity contribution >= 4 is 43.5 Å². The molecule has 0 amide bonds. The molecule has 2 N–H and O–H groups in total. The van der Waals surface area contributed by atoms with Crippen molar-refractivity contribution in [2.45, 2.75) is 26.7 Å². The monoisotopic (exact) mass is 373 g/mol. The van der Waals surface area contributed by atoms with Crippen LogP contribution < -0.4 is 10.6 Å². The predicted octanol–water partition coefficient (Wildman–Crippen LogP) is 3.78. The lowest BCUT2D eigenvalue weighted by molar-refractivity contribution is 0.847. The van der Waals surface area contributed by atoms with Gasteiger partial charge in [-0.25, -0.2) is 0 Å². The summed E-state index contributed by atoms with van der Waals surface area (Å²) in [6.45, 7) is 8.17. The Morgan fingerprint density at radius 1 is 1.33 bits per heavy atom. The van der Waals surface area contributed by atoms with Gasteiger partial charge in [-0.15, -0.1) is 0 Å². The fraction of sp³-hybridized carbons (Fsp3) is 0.462. The second-order valence-electron chi connectivity index (χ2n) is 4.77. The zero-order valence-corrected chi connectivity index (χ0v) is 14.0. The zero-order chi connectivity index (χ0) is 13.4. The van der Waals surface area contributed by atoms with Crippen molar-refractivity contribution in [2.75, 3.05) is 18.0 Å². The van der Waals surface area contributed by atoms with Crippen molar-refractivity contribution in [3.05, 3.63) is 26.1 Å². The number of nitrogens with zero attached hydrogens (tertiary/aromatic N) is 2. The summed E-state index contributed by atoms with van der Waals surface area (Å²) in [7, 11) is 0. The Hall–Kier alpha value is -0.550. The molecule has 1 aliphatic rings. The highest BCUT2D eigenvalue weighted by Crippen LogP contribution is 2.40. The van der Waals surface area contributed by atoms with Crippen LogP contribution in [0.25, 0.3) is 0 Å². The van der Waals surface area contributed by atoms with Crippen molar-refractivity contribution in [3.8, 4) is 0 Å². The van der Waals surface area contributed by atoms with E-state index in [4.69, 9.17) is 5.73 Å². The van der Waals surface area contributed by atoms with Gasteiger partial charge in [-0.1, -0.05) is 29.8 Å². The Morgan fingerprint density at radius 2 is 2.00 bits per heavy atom. The van der Waals surface area contributed by atoms with Gasteiger partial charge in [0, 0.05) is 15.5 Å². The lowest BCUT2D eigenvalue weighted by Gasteiger charge is -2.25. The number of benzene rings is 1. The van der Waals surface area contributed by atoms with Gasteiger partial charge >= 0.3 is 0 Å². The minimum absolute atomic E-state index is 0.465. The highest BCUT2D eigenvalue weighted by Gasteiger charge is 2.23. The minimum atomic E-state index is 0.465. The molecule has 0 bridgehead atoms. The molecule has 0 saturated heterocycles. The predicted molar refractivity (Wildman–Crippen MR) is 84.5 cm³/mol. The fourth-order valence-corrected chi connectivity index (χ4v) is 4.51. The summed E-state index contributed by atoms with van der Waals surface area (Å²) < 4.78 is 2.19. The van der Waals surface area contributed by atoms with Gasteiger partial charge in [-0.2, -0.15) is 0 Å². The van der Waals surface area contributed by atoms with E-state index in [0.717, 1.165) is 27.7 Å². The maximum atomic E-state index is 5.96. The summed E-state index contributed by atoms with van der Waals surface area (Å²) >= 11 is 7.28. The molecule has 1 heterocycles. The summed E-state index contributed by atoms with van der Waals surface area (Å²) in [5, 5.41) is 0. The van der Waals surface area contributed by atoms with Crippen molar-refractivity contribution < 1.29 is 0 Å². The van der Waals surface area contributed by atoms with E-state index in [9.17, 15) is 0 Å². The summed E-state index contributed by atoms with van der Waals surface area (Å²) in [5.41, 5.74) is 9.68. The van der Waals surface area contributed by atoms with Crippen molar-refractivity contribution in [1.82, 2.24) is 0 Å². The van der Waals surface area contributed by atoms with Crippen LogP contribution in [0.3, 0.4) is 0 Å². The maximum Gasteiger partial charge on any atom is 0.195 e. The number of hydrogen-bond donors (Lipinski definition) is 1. The molecule has 1 aliphatic heterocycles. The molecule has 3 nitrogen and oxygen atoms in total. The van der Waals surface area contributed by atoms with Crippen LogP contribution in [-0.4, -0.2) is 19.0 Å². The van der Waals surface area contributed by atoms with Crippen LogP contribution in [0, 0.1) is 6.92 Å². The molecule has 0 atom stereocenters. The molecule has 0 aromatic heterocycles. The number of guanidine groups is 1. The van der Waals surface area contributed by atoms with Crippen molar-refractivity contribution in [1.29, 1.82) is 0 Å². The van der Waals surface area contributed by atoms with Crippen LogP contribution in [0.5, 0.6) is 0 Å². The van der Waals surface area contributed by atoms with Crippen LogP contribution in [-0.2, 0) is 0 Å². The van der Waals surface area contributed by atoms with Gasteiger partial charge < -0.3 is 10.6 Å². The van der Waals surface area contributed by atoms with Crippen molar-refractivity contribution in [3.63, 3.8) is 0 Å². The lowest BCUT2D eigenvalue weighted by Crippen LogP contribution is -2.34. The second kappa shape index (κ2) is 5.21. The molecule has 18 heavy (non-hydrogen) atoms. The molecule has 0 aliphatic carbocycles. The first kappa shape index (κ1) is 13.9.